The molecule has 0 saturated carbocycles. The van der Waals surface area contributed by atoms with Gasteiger partial charge in [0.2, 0.25) is 11.6 Å². The van der Waals surface area contributed by atoms with E-state index in [1.807, 2.05) is 0 Å². The number of nitro groups is 1. The minimum Gasteiger partial charge on any atom is -0.287 e. The highest BCUT2D eigenvalue weighted by Crippen LogP contribution is 2.20. The number of carbonyl (C=O) groups excluding carboxylic acids is 1. The van der Waals surface area contributed by atoms with Gasteiger partial charge in [0.1, 0.15) is 5.69 Å². The molecule has 1 aromatic carbocycles. The summed E-state index contributed by atoms with van der Waals surface area (Å²) in [5.41, 5.74) is -0.544. The van der Waals surface area contributed by atoms with Gasteiger partial charge in [-0.1, -0.05) is 6.07 Å². The number of pyridine rings is 1. The number of hydrogen-bond acceptors (Lipinski definition) is 4. The fourth-order valence-corrected chi connectivity index (χ4v) is 1.44. The van der Waals surface area contributed by atoms with E-state index in [0.29, 0.717) is 0 Å². The summed E-state index contributed by atoms with van der Waals surface area (Å²) in [5.74, 6) is -1.46. The summed E-state index contributed by atoms with van der Waals surface area (Å²) < 4.78 is 13.1. The van der Waals surface area contributed by atoms with Crippen molar-refractivity contribution in [1.82, 2.24) is 4.98 Å². The number of rotatable bonds is 3. The van der Waals surface area contributed by atoms with Crippen molar-refractivity contribution in [2.75, 3.05) is 0 Å². The van der Waals surface area contributed by atoms with E-state index in [9.17, 15) is 19.3 Å². The van der Waals surface area contributed by atoms with E-state index in [0.717, 1.165) is 12.1 Å². The van der Waals surface area contributed by atoms with Crippen LogP contribution in [-0.4, -0.2) is 15.7 Å². The van der Waals surface area contributed by atoms with Gasteiger partial charge in [0.05, 0.1) is 4.92 Å². The van der Waals surface area contributed by atoms with Crippen LogP contribution in [0.5, 0.6) is 0 Å². The lowest BCUT2D eigenvalue weighted by Crippen LogP contribution is -2.05. The first-order chi connectivity index (χ1) is 8.59. The molecule has 0 spiro atoms. The highest BCUT2D eigenvalue weighted by atomic mass is 19.1. The van der Waals surface area contributed by atoms with Crippen molar-refractivity contribution in [3.63, 3.8) is 0 Å². The summed E-state index contributed by atoms with van der Waals surface area (Å²) in [5, 5.41) is 10.6. The van der Waals surface area contributed by atoms with Crippen molar-refractivity contribution < 1.29 is 14.1 Å². The quantitative estimate of drug-likeness (QED) is 0.473. The minimum absolute atomic E-state index is 0.0294. The maximum absolute atomic E-state index is 13.1. The fourth-order valence-electron chi connectivity index (χ4n) is 1.44. The highest BCUT2D eigenvalue weighted by molar-refractivity contribution is 6.07. The maximum Gasteiger partial charge on any atom is 0.305 e. The Hall–Kier alpha value is -2.63. The number of ketones is 1. The van der Waals surface area contributed by atoms with Crippen molar-refractivity contribution in [2.45, 2.75) is 0 Å². The van der Waals surface area contributed by atoms with Crippen molar-refractivity contribution in [3.05, 3.63) is 69.8 Å². The third-order valence-corrected chi connectivity index (χ3v) is 2.30. The maximum atomic E-state index is 13.1. The van der Waals surface area contributed by atoms with Crippen molar-refractivity contribution >= 4 is 11.5 Å². The molecule has 2 aromatic rings. The van der Waals surface area contributed by atoms with E-state index in [-0.39, 0.29) is 11.3 Å². The summed E-state index contributed by atoms with van der Waals surface area (Å²) in [6.45, 7) is 0. The van der Waals surface area contributed by atoms with E-state index >= 15 is 0 Å². The van der Waals surface area contributed by atoms with Gasteiger partial charge < -0.3 is 0 Å². The second-order valence-corrected chi connectivity index (χ2v) is 3.47. The van der Waals surface area contributed by atoms with Gasteiger partial charge in [-0.2, -0.15) is 4.39 Å². The van der Waals surface area contributed by atoms with Gasteiger partial charge in [-0.3, -0.25) is 19.9 Å². The average molecular weight is 246 g/mol. The molecule has 0 aliphatic rings. The molecule has 0 unspecified atom stereocenters. The molecule has 0 fully saturated rings. The largest absolute Gasteiger partial charge is 0.305 e. The molecule has 0 saturated heterocycles. The molecule has 0 amide bonds. The first kappa shape index (κ1) is 11.8. The second-order valence-electron chi connectivity index (χ2n) is 3.47. The van der Waals surface area contributed by atoms with Crippen LogP contribution < -0.4 is 0 Å². The SMILES string of the molecule is O=C(c1ccc(F)c([N+](=O)[O-])c1)c1ccccn1. The number of carbonyl (C=O) groups is 1. The fraction of sp³-hybridized carbons (Fsp3) is 0. The van der Waals surface area contributed by atoms with Crippen LogP contribution >= 0.6 is 0 Å². The Morgan fingerprint density at radius 2 is 2.06 bits per heavy atom. The normalized spacial score (nSPS) is 10.1. The zero-order chi connectivity index (χ0) is 13.1. The van der Waals surface area contributed by atoms with E-state index in [1.54, 1.807) is 12.1 Å². The van der Waals surface area contributed by atoms with Gasteiger partial charge in [0.25, 0.3) is 0 Å². The van der Waals surface area contributed by atoms with Crippen LogP contribution in [-0.2, 0) is 0 Å². The molecule has 6 heteroatoms. The Morgan fingerprint density at radius 1 is 1.28 bits per heavy atom. The van der Waals surface area contributed by atoms with Gasteiger partial charge in [-0.15, -0.1) is 0 Å². The van der Waals surface area contributed by atoms with Crippen molar-refractivity contribution in [3.8, 4) is 0 Å². The summed E-state index contributed by atoms with van der Waals surface area (Å²) in [4.78, 5) is 25.5. The molecule has 0 radical (unpaired) electrons. The average Bonchev–Trinajstić information content (AvgIpc) is 2.39. The molecule has 0 bridgehead atoms. The van der Waals surface area contributed by atoms with Crippen LogP contribution in [0.2, 0.25) is 0 Å². The van der Waals surface area contributed by atoms with E-state index in [4.69, 9.17) is 0 Å². The first-order valence-electron chi connectivity index (χ1n) is 4.99. The van der Waals surface area contributed by atoms with Crippen LogP contribution in [0.15, 0.2) is 42.6 Å². The number of hydrogen-bond donors (Lipinski definition) is 0. The Bertz CT molecular complexity index is 614. The molecule has 0 aliphatic heterocycles. The summed E-state index contributed by atoms with van der Waals surface area (Å²) in [6.07, 6.45) is 1.44. The van der Waals surface area contributed by atoms with Crippen LogP contribution in [0.25, 0.3) is 0 Å². The molecule has 1 heterocycles. The van der Waals surface area contributed by atoms with Gasteiger partial charge in [-0.25, -0.2) is 0 Å². The number of aromatic nitrogens is 1. The zero-order valence-corrected chi connectivity index (χ0v) is 9.04. The molecule has 0 atom stereocenters. The van der Waals surface area contributed by atoms with Gasteiger partial charge >= 0.3 is 5.69 Å². The van der Waals surface area contributed by atoms with Gasteiger partial charge in [0.15, 0.2) is 0 Å². The number of benzene rings is 1. The lowest BCUT2D eigenvalue weighted by Gasteiger charge is -2.00. The second kappa shape index (κ2) is 4.70. The Labute approximate surface area is 101 Å². The predicted octanol–water partition coefficient (Wildman–Crippen LogP) is 2.36. The Kier molecular flexibility index (Phi) is 3.09. The molecule has 90 valence electrons. The Morgan fingerprint density at radius 3 is 2.67 bits per heavy atom. The third kappa shape index (κ3) is 2.22. The first-order valence-corrected chi connectivity index (χ1v) is 4.99. The molecular weight excluding hydrogens is 239 g/mol. The molecular formula is C12H7FN2O3. The van der Waals surface area contributed by atoms with Crippen molar-refractivity contribution in [1.29, 1.82) is 0 Å². The topological polar surface area (TPSA) is 73.1 Å². The van der Waals surface area contributed by atoms with E-state index < -0.39 is 22.2 Å². The lowest BCUT2D eigenvalue weighted by atomic mass is 10.1. The van der Waals surface area contributed by atoms with Crippen LogP contribution in [0.4, 0.5) is 10.1 Å². The smallest absolute Gasteiger partial charge is 0.287 e. The minimum atomic E-state index is -0.974. The number of nitrogens with zero attached hydrogens (tertiary/aromatic N) is 2. The van der Waals surface area contributed by atoms with Crippen LogP contribution in [0.3, 0.4) is 0 Å². The molecule has 2 rings (SSSR count). The summed E-state index contributed by atoms with van der Waals surface area (Å²) in [7, 11) is 0. The van der Waals surface area contributed by atoms with Crippen molar-refractivity contribution in [2.24, 2.45) is 0 Å². The monoisotopic (exact) mass is 246 g/mol. The van der Waals surface area contributed by atoms with E-state index in [2.05, 4.69) is 4.98 Å². The third-order valence-electron chi connectivity index (χ3n) is 2.30. The van der Waals surface area contributed by atoms with Crippen LogP contribution in [0.1, 0.15) is 16.1 Å². The van der Waals surface area contributed by atoms with E-state index in [1.165, 1.54) is 18.3 Å². The number of halogens is 1. The molecule has 0 N–H and O–H groups in total. The standard InChI is InChI=1S/C12H7FN2O3/c13-9-5-4-8(7-11(9)15(17)18)12(16)10-3-1-2-6-14-10/h1-7H. The number of nitro benzene ring substituents is 1. The Balaban J connectivity index is 2.44. The van der Waals surface area contributed by atoms with Crippen LogP contribution in [0, 0.1) is 15.9 Å². The molecule has 0 aliphatic carbocycles. The predicted molar refractivity (Wildman–Crippen MR) is 60.7 cm³/mol. The highest BCUT2D eigenvalue weighted by Gasteiger charge is 2.18. The zero-order valence-electron chi connectivity index (χ0n) is 9.04. The lowest BCUT2D eigenvalue weighted by molar-refractivity contribution is -0.387. The molecule has 5 nitrogen and oxygen atoms in total. The summed E-state index contributed by atoms with van der Waals surface area (Å²) in [6, 6.07) is 7.75. The van der Waals surface area contributed by atoms with Gasteiger partial charge in [0, 0.05) is 17.8 Å². The molecule has 1 aromatic heterocycles. The molecule has 18 heavy (non-hydrogen) atoms. The summed E-state index contributed by atoms with van der Waals surface area (Å²) >= 11 is 0. The van der Waals surface area contributed by atoms with Gasteiger partial charge in [-0.05, 0) is 24.3 Å².